The molecule has 0 spiro atoms. The number of hydrogen-bond donors (Lipinski definition) is 2. The van der Waals surface area contributed by atoms with Crippen LogP contribution in [0, 0.1) is 18.2 Å². The zero-order chi connectivity index (χ0) is 32.4. The highest BCUT2D eigenvalue weighted by Crippen LogP contribution is 2.44. The van der Waals surface area contributed by atoms with Gasteiger partial charge in [-0.15, -0.1) is 6.42 Å². The summed E-state index contributed by atoms with van der Waals surface area (Å²) >= 11 is 0. The van der Waals surface area contributed by atoms with Crippen LogP contribution in [0.5, 0.6) is 23.5 Å². The quantitative estimate of drug-likeness (QED) is 0.258. The van der Waals surface area contributed by atoms with Gasteiger partial charge in [-0.25, -0.2) is 13.2 Å². The first kappa shape index (κ1) is 30.4. The number of piperidine rings is 1. The zero-order valence-corrected chi connectivity index (χ0v) is 25.6. The number of imidazole rings is 1. The van der Waals surface area contributed by atoms with E-state index in [0.29, 0.717) is 48.0 Å². The van der Waals surface area contributed by atoms with Crippen LogP contribution in [0.4, 0.5) is 19.0 Å². The Bertz CT molecular complexity index is 1870. The molecule has 7 rings (SSSR count). The largest absolute Gasteiger partial charge is 0.508 e. The lowest BCUT2D eigenvalue weighted by Gasteiger charge is -2.38. The van der Waals surface area contributed by atoms with Gasteiger partial charge in [-0.05, 0) is 63.6 Å². The number of aliphatic hydroxyl groups is 1. The summed E-state index contributed by atoms with van der Waals surface area (Å²) in [5.41, 5.74) is -0.147. The third kappa shape index (κ3) is 5.54. The molecule has 3 fully saturated rings. The van der Waals surface area contributed by atoms with Crippen LogP contribution in [0.3, 0.4) is 0 Å². The van der Waals surface area contributed by atoms with Crippen LogP contribution in [-0.2, 0) is 0 Å². The number of likely N-dealkylation sites (N-methyl/N-ethyl adjacent to an activating group) is 1. The Hall–Kier alpha value is -4.28. The number of phenols is 1. The van der Waals surface area contributed by atoms with Gasteiger partial charge >= 0.3 is 12.0 Å². The van der Waals surface area contributed by atoms with E-state index in [4.69, 9.17) is 25.9 Å². The number of aromatic hydroxyl groups is 1. The lowest BCUT2D eigenvalue weighted by atomic mass is 9.92. The number of aromatic nitrogens is 4. The number of fused-ring (bicyclic) bond motifs is 2. The van der Waals surface area contributed by atoms with Crippen molar-refractivity contribution in [2.24, 2.45) is 0 Å². The monoisotopic (exact) mass is 636 g/mol. The summed E-state index contributed by atoms with van der Waals surface area (Å²) in [4.78, 5) is 17.7. The number of terminal acetylenes is 1. The van der Waals surface area contributed by atoms with Crippen LogP contribution in [0.2, 0.25) is 0 Å². The van der Waals surface area contributed by atoms with Crippen LogP contribution >= 0.6 is 0 Å². The van der Waals surface area contributed by atoms with Gasteiger partial charge in [0.15, 0.2) is 11.5 Å². The second-order valence-electron chi connectivity index (χ2n) is 13.0. The maximum atomic E-state index is 14.8. The average Bonchev–Trinajstić information content (AvgIpc) is 3.44. The van der Waals surface area contributed by atoms with E-state index in [9.17, 15) is 23.4 Å². The summed E-state index contributed by atoms with van der Waals surface area (Å²) in [6.07, 6.45) is 9.36. The van der Waals surface area contributed by atoms with Crippen molar-refractivity contribution in [3.8, 4) is 35.9 Å². The molecule has 1 saturated carbocycles. The van der Waals surface area contributed by atoms with Gasteiger partial charge in [0.05, 0.1) is 17.7 Å². The number of alkyl halides is 2. The van der Waals surface area contributed by atoms with Crippen LogP contribution in [0.15, 0.2) is 24.3 Å². The lowest BCUT2D eigenvalue weighted by molar-refractivity contribution is 0.0136. The van der Waals surface area contributed by atoms with Crippen molar-refractivity contribution >= 4 is 27.8 Å². The fraction of sp³-hybridized carbons (Fsp3) is 0.485. The van der Waals surface area contributed by atoms with Crippen molar-refractivity contribution in [3.05, 3.63) is 35.6 Å². The predicted molar refractivity (Wildman–Crippen MR) is 165 cm³/mol. The summed E-state index contributed by atoms with van der Waals surface area (Å²) in [6.45, 7) is 2.28. The number of phenolic OH excluding ortho intramolecular Hbond substituents is 1. The number of β-amino-alcohol motifs (C(OH)–C–C–N with tert-alkyl or cyclic N) is 1. The van der Waals surface area contributed by atoms with E-state index in [1.807, 2.05) is 9.47 Å². The van der Waals surface area contributed by atoms with Crippen molar-refractivity contribution in [2.75, 3.05) is 38.2 Å². The Balaban J connectivity index is 1.36. The van der Waals surface area contributed by atoms with Gasteiger partial charge in [-0.1, -0.05) is 12.0 Å². The predicted octanol–water partition coefficient (Wildman–Crippen LogP) is 5.39. The topological polar surface area (TPSA) is 109 Å². The number of nitrogens with zero attached hydrogens (tertiary/aromatic N) is 6. The molecule has 1 aliphatic carbocycles. The lowest BCUT2D eigenvalue weighted by Crippen LogP contribution is -2.46. The van der Waals surface area contributed by atoms with Gasteiger partial charge in [0.2, 0.25) is 0 Å². The highest BCUT2D eigenvalue weighted by atomic mass is 19.3. The number of ether oxygens (including phenoxy) is 2. The summed E-state index contributed by atoms with van der Waals surface area (Å²) in [7, 11) is 1.63. The molecule has 0 radical (unpaired) electrons. The Morgan fingerprint density at radius 1 is 1.13 bits per heavy atom. The maximum Gasteiger partial charge on any atom is 0.320 e. The van der Waals surface area contributed by atoms with E-state index < -0.39 is 23.4 Å². The van der Waals surface area contributed by atoms with Gasteiger partial charge in [0.25, 0.3) is 5.92 Å². The second kappa shape index (κ2) is 11.2. The Labute approximate surface area is 263 Å². The molecule has 46 heavy (non-hydrogen) atoms. The van der Waals surface area contributed by atoms with Gasteiger partial charge in [0.1, 0.15) is 29.4 Å². The van der Waals surface area contributed by atoms with Crippen molar-refractivity contribution in [1.82, 2.24) is 24.4 Å². The Morgan fingerprint density at radius 2 is 1.93 bits per heavy atom. The number of rotatable bonds is 7. The maximum absolute atomic E-state index is 14.8. The molecule has 2 atom stereocenters. The van der Waals surface area contributed by atoms with Crippen molar-refractivity contribution < 1.29 is 32.9 Å². The first-order valence-corrected chi connectivity index (χ1v) is 15.5. The van der Waals surface area contributed by atoms with Crippen LogP contribution in [-0.4, -0.2) is 85.5 Å². The van der Waals surface area contributed by atoms with Crippen molar-refractivity contribution in [3.63, 3.8) is 0 Å². The summed E-state index contributed by atoms with van der Waals surface area (Å²) in [5.74, 6) is -0.500. The van der Waals surface area contributed by atoms with Gasteiger partial charge in [-0.3, -0.25) is 9.47 Å². The van der Waals surface area contributed by atoms with Crippen molar-refractivity contribution in [1.29, 1.82) is 0 Å². The smallest absolute Gasteiger partial charge is 0.320 e. The van der Waals surface area contributed by atoms with Gasteiger partial charge in [0, 0.05) is 43.0 Å². The fourth-order valence-corrected chi connectivity index (χ4v) is 6.81. The van der Waals surface area contributed by atoms with E-state index in [1.165, 1.54) is 24.3 Å². The average molecular weight is 637 g/mol. The van der Waals surface area contributed by atoms with Gasteiger partial charge in [-0.2, -0.15) is 15.0 Å². The SMILES string of the molecule is C#Cc1c(F)ccc2cc(O)cc(Oc3nc4nc(OC[C@@H]5CC(F)(F)CN5C)nc(N5CCC[C@@](C)(O)C5)c4n3C3CCC3)c12. The van der Waals surface area contributed by atoms with E-state index in [2.05, 4.69) is 10.9 Å². The minimum Gasteiger partial charge on any atom is -0.508 e. The third-order valence-corrected chi connectivity index (χ3v) is 9.29. The van der Waals surface area contributed by atoms with E-state index in [0.717, 1.165) is 19.3 Å². The third-order valence-electron chi connectivity index (χ3n) is 9.29. The molecule has 2 N–H and O–H groups in total. The van der Waals surface area contributed by atoms with E-state index in [-0.39, 0.29) is 60.3 Å². The standard InChI is InChI=1S/C33H35F3N6O4/c1-4-23-24(34)10-9-19-13-22(43)14-25(26(19)23)46-31-38-28-27(42(31)20-7-5-8-20)29(41-12-6-11-32(2,44)17-41)39-30(37-28)45-16-21-15-33(35,36)18-40(21)3/h1,9-10,13-14,20-21,43-44H,5-8,11-12,15-18H2,2-3H3/t21-,32+/m0/s1. The normalized spacial score (nSPS) is 23.5. The molecule has 10 nitrogen and oxygen atoms in total. The van der Waals surface area contributed by atoms with Crippen LogP contribution in [0.25, 0.3) is 21.9 Å². The molecule has 4 heterocycles. The molecule has 0 amide bonds. The van der Waals surface area contributed by atoms with E-state index >= 15 is 0 Å². The summed E-state index contributed by atoms with van der Waals surface area (Å²) < 4.78 is 57.2. The number of anilines is 1. The molecular formula is C33H35F3N6O4. The van der Waals surface area contributed by atoms with Gasteiger partial charge < -0.3 is 24.6 Å². The fourth-order valence-electron chi connectivity index (χ4n) is 6.81. The minimum absolute atomic E-state index is 0.00650. The van der Waals surface area contributed by atoms with Crippen molar-refractivity contribution in [2.45, 2.75) is 69.1 Å². The molecule has 4 aromatic rings. The van der Waals surface area contributed by atoms with Crippen LogP contribution < -0.4 is 14.4 Å². The van der Waals surface area contributed by atoms with Crippen LogP contribution in [0.1, 0.15) is 57.1 Å². The summed E-state index contributed by atoms with van der Waals surface area (Å²) in [6, 6.07) is 5.18. The molecule has 242 valence electrons. The molecule has 3 aliphatic rings. The number of halogens is 3. The Morgan fingerprint density at radius 3 is 2.61 bits per heavy atom. The number of hydrogen-bond acceptors (Lipinski definition) is 9. The second-order valence-corrected chi connectivity index (χ2v) is 13.0. The molecule has 2 aromatic heterocycles. The number of likely N-dealkylation sites (tertiary alicyclic amines) is 1. The molecule has 0 bridgehead atoms. The minimum atomic E-state index is -2.80. The first-order chi connectivity index (χ1) is 21.9. The summed E-state index contributed by atoms with van der Waals surface area (Å²) in [5, 5.41) is 22.3. The molecule has 2 aromatic carbocycles. The molecule has 2 saturated heterocycles. The molecule has 13 heteroatoms. The highest BCUT2D eigenvalue weighted by molar-refractivity contribution is 5.95. The molecule has 2 aliphatic heterocycles. The molecule has 0 unspecified atom stereocenters. The zero-order valence-electron chi connectivity index (χ0n) is 25.6. The number of benzene rings is 2. The first-order valence-electron chi connectivity index (χ1n) is 15.5. The molecular weight excluding hydrogens is 601 g/mol. The van der Waals surface area contributed by atoms with E-state index in [1.54, 1.807) is 18.9 Å². The highest BCUT2D eigenvalue weighted by Gasteiger charge is 2.43. The Kier molecular flexibility index (Phi) is 7.40.